The maximum atomic E-state index is 13.5. The Hall–Kier alpha value is -1.78. The summed E-state index contributed by atoms with van der Waals surface area (Å²) in [7, 11) is 0. The van der Waals surface area contributed by atoms with E-state index in [2.05, 4.69) is 4.98 Å². The number of imidazole rings is 1. The molecule has 1 aromatic heterocycles. The summed E-state index contributed by atoms with van der Waals surface area (Å²) >= 11 is 0. The molecule has 1 aromatic carbocycles. The van der Waals surface area contributed by atoms with E-state index in [4.69, 9.17) is 9.47 Å². The monoisotopic (exact) mass is 208 g/mol. The van der Waals surface area contributed by atoms with Gasteiger partial charge in [0, 0.05) is 0 Å². The van der Waals surface area contributed by atoms with Gasteiger partial charge in [-0.25, -0.2) is 4.98 Å². The first-order valence-electron chi connectivity index (χ1n) is 4.71. The fourth-order valence-electron chi connectivity index (χ4n) is 1.74. The molecule has 0 saturated heterocycles. The number of aryl methyl sites for hydroxylation is 1. The second-order valence-electron chi connectivity index (χ2n) is 3.40. The summed E-state index contributed by atoms with van der Waals surface area (Å²) in [5.74, 6) is 1.48. The molecule has 5 heteroatoms. The quantitative estimate of drug-likeness (QED) is 0.662. The normalized spacial score (nSPS) is 14.5. The highest BCUT2D eigenvalue weighted by atomic mass is 19.2. The lowest BCUT2D eigenvalue weighted by molar-refractivity contribution is 0.173. The van der Waals surface area contributed by atoms with E-state index >= 15 is 0 Å². The molecule has 15 heavy (non-hydrogen) atoms. The summed E-state index contributed by atoms with van der Waals surface area (Å²) in [6, 6.07) is 3.34. The largest absolute Gasteiger partial charge is 0.486 e. The number of aromatic nitrogens is 2. The Labute approximate surface area is 85.2 Å². The number of ether oxygens (including phenoxy) is 2. The number of hydrogen-bond acceptors (Lipinski definition) is 3. The van der Waals surface area contributed by atoms with Crippen molar-refractivity contribution in [1.29, 1.82) is 0 Å². The van der Waals surface area contributed by atoms with E-state index in [0.717, 1.165) is 0 Å². The van der Waals surface area contributed by atoms with Gasteiger partial charge in [0.15, 0.2) is 11.5 Å². The van der Waals surface area contributed by atoms with Gasteiger partial charge < -0.3 is 9.47 Å². The van der Waals surface area contributed by atoms with Crippen molar-refractivity contribution in [2.24, 2.45) is 0 Å². The van der Waals surface area contributed by atoms with Crippen molar-refractivity contribution in [3.63, 3.8) is 0 Å². The zero-order chi connectivity index (χ0) is 10.4. The van der Waals surface area contributed by atoms with Crippen LogP contribution in [0.3, 0.4) is 0 Å². The third-order valence-corrected chi connectivity index (χ3v) is 2.43. The van der Waals surface area contributed by atoms with Gasteiger partial charge in [-0.15, -0.1) is 0 Å². The molecule has 1 aliphatic heterocycles. The van der Waals surface area contributed by atoms with Crippen LogP contribution in [0.5, 0.6) is 11.5 Å². The minimum absolute atomic E-state index is 0.313. The van der Waals surface area contributed by atoms with Crippen LogP contribution in [0.4, 0.5) is 4.48 Å². The van der Waals surface area contributed by atoms with Crippen LogP contribution >= 0.6 is 0 Å². The summed E-state index contributed by atoms with van der Waals surface area (Å²) in [5, 5.41) is 0. The van der Waals surface area contributed by atoms with Gasteiger partial charge in [0.1, 0.15) is 30.1 Å². The molecule has 0 bridgehead atoms. The van der Waals surface area contributed by atoms with E-state index in [0.29, 0.717) is 46.4 Å². The number of hydrogen-bond donors (Lipinski definition) is 0. The van der Waals surface area contributed by atoms with Crippen LogP contribution in [-0.2, 0) is 0 Å². The fraction of sp³-hybridized carbons (Fsp3) is 0.300. The molecule has 0 radical (unpaired) electrons. The summed E-state index contributed by atoms with van der Waals surface area (Å²) in [6.45, 7) is 2.61. The standard InChI is InChI=1S/C10H9FN2O2/c1-6-12-9-7(13(6)11)2-3-8-10(9)15-5-4-14-8/h2-3H,4-5H2,1H3. The molecular formula is C10H9FN2O2. The molecular weight excluding hydrogens is 199 g/mol. The van der Waals surface area contributed by atoms with Gasteiger partial charge >= 0.3 is 0 Å². The van der Waals surface area contributed by atoms with Gasteiger partial charge in [-0.05, 0) is 19.1 Å². The highest BCUT2D eigenvalue weighted by molar-refractivity contribution is 5.85. The zero-order valence-electron chi connectivity index (χ0n) is 8.16. The lowest BCUT2D eigenvalue weighted by Crippen LogP contribution is -2.15. The van der Waals surface area contributed by atoms with Crippen molar-refractivity contribution in [3.05, 3.63) is 18.0 Å². The predicted octanol–water partition coefficient (Wildman–Crippen LogP) is 1.85. The first-order chi connectivity index (χ1) is 7.27. The molecule has 0 saturated carbocycles. The lowest BCUT2D eigenvalue weighted by Gasteiger charge is -2.17. The molecule has 0 atom stereocenters. The second-order valence-corrected chi connectivity index (χ2v) is 3.40. The average Bonchev–Trinajstić information content (AvgIpc) is 2.56. The van der Waals surface area contributed by atoms with Crippen molar-refractivity contribution >= 4 is 11.0 Å². The number of fused-ring (bicyclic) bond motifs is 3. The van der Waals surface area contributed by atoms with Crippen LogP contribution < -0.4 is 9.47 Å². The Balaban J connectivity index is 2.36. The van der Waals surface area contributed by atoms with Crippen LogP contribution in [0.15, 0.2) is 12.1 Å². The van der Waals surface area contributed by atoms with Gasteiger partial charge in [0.05, 0.1) is 0 Å². The van der Waals surface area contributed by atoms with Gasteiger partial charge in [-0.3, -0.25) is 0 Å². The molecule has 2 aromatic rings. The van der Waals surface area contributed by atoms with Gasteiger partial charge in [-0.2, -0.15) is 4.79 Å². The van der Waals surface area contributed by atoms with E-state index in [1.807, 2.05) is 0 Å². The van der Waals surface area contributed by atoms with Crippen molar-refractivity contribution in [1.82, 2.24) is 9.77 Å². The Kier molecular flexibility index (Phi) is 1.62. The summed E-state index contributed by atoms with van der Waals surface area (Å²) in [5.41, 5.74) is 0.934. The van der Waals surface area contributed by atoms with E-state index in [-0.39, 0.29) is 0 Å². The van der Waals surface area contributed by atoms with Gasteiger partial charge in [0.25, 0.3) is 0 Å². The average molecular weight is 208 g/mol. The number of rotatable bonds is 0. The number of nitrogens with zero attached hydrogens (tertiary/aromatic N) is 2. The summed E-state index contributed by atoms with van der Waals surface area (Å²) in [4.78, 5) is 4.66. The molecule has 2 heterocycles. The van der Waals surface area contributed by atoms with Crippen LogP contribution in [0.2, 0.25) is 0 Å². The third-order valence-electron chi connectivity index (χ3n) is 2.43. The van der Waals surface area contributed by atoms with Crippen molar-refractivity contribution in [2.45, 2.75) is 6.92 Å². The van der Waals surface area contributed by atoms with E-state index in [1.54, 1.807) is 19.1 Å². The van der Waals surface area contributed by atoms with Crippen molar-refractivity contribution in [3.8, 4) is 11.5 Å². The van der Waals surface area contributed by atoms with E-state index in [9.17, 15) is 4.48 Å². The van der Waals surface area contributed by atoms with E-state index in [1.165, 1.54) is 0 Å². The molecule has 78 valence electrons. The molecule has 0 N–H and O–H groups in total. The summed E-state index contributed by atoms with van der Waals surface area (Å²) < 4.78 is 24.3. The van der Waals surface area contributed by atoms with Crippen LogP contribution in [-0.4, -0.2) is 23.0 Å². The number of halogens is 1. The predicted molar refractivity (Wildman–Crippen MR) is 52.0 cm³/mol. The molecule has 1 aliphatic rings. The molecule has 3 rings (SSSR count). The topological polar surface area (TPSA) is 36.3 Å². The highest BCUT2D eigenvalue weighted by Gasteiger charge is 2.19. The Bertz CT molecular complexity index is 536. The Morgan fingerprint density at radius 3 is 3.00 bits per heavy atom. The van der Waals surface area contributed by atoms with Crippen molar-refractivity contribution in [2.75, 3.05) is 13.2 Å². The minimum atomic E-state index is 0.313. The van der Waals surface area contributed by atoms with Gasteiger partial charge in [-0.1, -0.05) is 4.48 Å². The van der Waals surface area contributed by atoms with Crippen LogP contribution in [0.25, 0.3) is 11.0 Å². The zero-order valence-corrected chi connectivity index (χ0v) is 8.16. The highest BCUT2D eigenvalue weighted by Crippen LogP contribution is 2.37. The molecule has 0 aliphatic carbocycles. The minimum Gasteiger partial charge on any atom is -0.486 e. The van der Waals surface area contributed by atoms with E-state index < -0.39 is 0 Å². The molecule has 0 fully saturated rings. The van der Waals surface area contributed by atoms with Gasteiger partial charge in [0.2, 0.25) is 0 Å². The van der Waals surface area contributed by atoms with Crippen molar-refractivity contribution < 1.29 is 14.0 Å². The van der Waals surface area contributed by atoms with Crippen LogP contribution in [0, 0.1) is 6.92 Å². The fourth-order valence-corrected chi connectivity index (χ4v) is 1.74. The molecule has 0 spiro atoms. The third kappa shape index (κ3) is 1.09. The first kappa shape index (κ1) is 8.52. The SMILES string of the molecule is Cc1nc2c3c(ccc2n1F)OCCO3. The molecule has 4 nitrogen and oxygen atoms in total. The maximum absolute atomic E-state index is 13.5. The summed E-state index contributed by atoms with van der Waals surface area (Å²) in [6.07, 6.45) is 0. The maximum Gasteiger partial charge on any atom is 0.189 e. The molecule has 0 amide bonds. The second kappa shape index (κ2) is 2.85. The Morgan fingerprint density at radius 1 is 1.33 bits per heavy atom. The van der Waals surface area contributed by atoms with Crippen LogP contribution in [0.1, 0.15) is 5.82 Å². The molecule has 0 unspecified atom stereocenters. The smallest absolute Gasteiger partial charge is 0.189 e. The lowest BCUT2D eigenvalue weighted by atomic mass is 10.2. The first-order valence-corrected chi connectivity index (χ1v) is 4.71. The Morgan fingerprint density at radius 2 is 2.13 bits per heavy atom. The number of benzene rings is 1.